The van der Waals surface area contributed by atoms with E-state index in [0.717, 1.165) is 35.3 Å². The fourth-order valence-corrected chi connectivity index (χ4v) is 2.45. The van der Waals surface area contributed by atoms with Crippen LogP contribution in [-0.2, 0) is 6.54 Å². The number of aryl methyl sites for hydroxylation is 1. The van der Waals surface area contributed by atoms with Crippen LogP contribution in [-0.4, -0.2) is 26.4 Å². The maximum atomic E-state index is 5.94. The Kier molecular flexibility index (Phi) is 3.57. The largest absolute Gasteiger partial charge is 0.493 e. The van der Waals surface area contributed by atoms with Gasteiger partial charge < -0.3 is 10.1 Å². The van der Waals surface area contributed by atoms with E-state index in [9.17, 15) is 0 Å². The summed E-state index contributed by atoms with van der Waals surface area (Å²) in [5, 5.41) is 12.0. The van der Waals surface area contributed by atoms with Crippen LogP contribution in [0.4, 0.5) is 5.82 Å². The highest BCUT2D eigenvalue weighted by Crippen LogP contribution is 2.30. The third-order valence-electron chi connectivity index (χ3n) is 3.92. The van der Waals surface area contributed by atoms with Crippen LogP contribution < -0.4 is 10.1 Å². The summed E-state index contributed by atoms with van der Waals surface area (Å²) in [5.74, 6) is 3.17. The maximum Gasteiger partial charge on any atom is 0.176 e. The van der Waals surface area contributed by atoms with Gasteiger partial charge in [0.15, 0.2) is 5.65 Å². The quantitative estimate of drug-likeness (QED) is 0.758. The van der Waals surface area contributed by atoms with E-state index in [0.29, 0.717) is 12.4 Å². The number of benzene rings is 1. The van der Waals surface area contributed by atoms with Gasteiger partial charge in [-0.15, -0.1) is 14.8 Å². The van der Waals surface area contributed by atoms with Crippen molar-refractivity contribution in [2.24, 2.45) is 5.92 Å². The summed E-state index contributed by atoms with van der Waals surface area (Å²) >= 11 is 0. The molecule has 6 heteroatoms. The second-order valence-corrected chi connectivity index (χ2v) is 5.94. The highest BCUT2D eigenvalue weighted by atomic mass is 16.5. The number of hydrogen-bond donors (Lipinski definition) is 1. The molecule has 0 aliphatic heterocycles. The van der Waals surface area contributed by atoms with Crippen molar-refractivity contribution < 1.29 is 4.74 Å². The van der Waals surface area contributed by atoms with Gasteiger partial charge in [0.1, 0.15) is 17.4 Å². The number of hydrogen-bond acceptors (Lipinski definition) is 5. The van der Waals surface area contributed by atoms with E-state index in [-0.39, 0.29) is 0 Å². The molecule has 0 radical (unpaired) electrons. The van der Waals surface area contributed by atoms with E-state index in [1.54, 1.807) is 4.63 Å². The van der Waals surface area contributed by atoms with Crippen LogP contribution in [0.3, 0.4) is 0 Å². The number of aromatic nitrogens is 4. The predicted octanol–water partition coefficient (Wildman–Crippen LogP) is 2.83. The van der Waals surface area contributed by atoms with Crippen molar-refractivity contribution >= 4 is 11.5 Å². The average Bonchev–Trinajstić information content (AvgIpc) is 3.31. The Labute approximate surface area is 134 Å². The van der Waals surface area contributed by atoms with Crippen molar-refractivity contribution in [3.8, 4) is 5.75 Å². The Bertz CT molecular complexity index is 825. The minimum Gasteiger partial charge on any atom is -0.493 e. The molecule has 118 valence electrons. The first kappa shape index (κ1) is 14.0. The van der Waals surface area contributed by atoms with Crippen LogP contribution in [0.2, 0.25) is 0 Å². The molecule has 4 rings (SSSR count). The zero-order valence-corrected chi connectivity index (χ0v) is 13.1. The monoisotopic (exact) mass is 309 g/mol. The van der Waals surface area contributed by atoms with Crippen molar-refractivity contribution in [2.45, 2.75) is 26.3 Å². The molecule has 6 nitrogen and oxygen atoms in total. The van der Waals surface area contributed by atoms with Gasteiger partial charge in [-0.25, -0.2) is 4.98 Å². The molecular formula is C17H19N5O. The lowest BCUT2D eigenvalue weighted by atomic mass is 10.2. The smallest absolute Gasteiger partial charge is 0.176 e. The number of rotatable bonds is 6. The zero-order chi connectivity index (χ0) is 15.6. The Hall–Kier alpha value is -2.63. The summed E-state index contributed by atoms with van der Waals surface area (Å²) in [5.41, 5.74) is 1.88. The van der Waals surface area contributed by atoms with Crippen LogP contribution in [0.25, 0.3) is 5.65 Å². The van der Waals surface area contributed by atoms with Gasteiger partial charge in [0.05, 0.1) is 6.61 Å². The van der Waals surface area contributed by atoms with Crippen molar-refractivity contribution in [3.63, 3.8) is 0 Å². The molecule has 0 amide bonds. The van der Waals surface area contributed by atoms with Crippen LogP contribution in [0, 0.1) is 12.8 Å². The van der Waals surface area contributed by atoms with Crippen molar-refractivity contribution in [3.05, 3.63) is 47.8 Å². The van der Waals surface area contributed by atoms with Crippen molar-refractivity contribution in [1.29, 1.82) is 0 Å². The molecule has 1 aliphatic carbocycles. The molecule has 3 aromatic rings. The maximum absolute atomic E-state index is 5.94. The summed E-state index contributed by atoms with van der Waals surface area (Å²) < 4.78 is 7.48. The third kappa shape index (κ3) is 3.26. The lowest BCUT2D eigenvalue weighted by Gasteiger charge is -2.12. The lowest BCUT2D eigenvalue weighted by molar-refractivity contribution is 0.297. The molecule has 2 aromatic heterocycles. The topological polar surface area (TPSA) is 64.3 Å². The normalized spacial score (nSPS) is 14.1. The van der Waals surface area contributed by atoms with E-state index in [2.05, 4.69) is 26.6 Å². The molecule has 0 atom stereocenters. The van der Waals surface area contributed by atoms with Crippen molar-refractivity contribution in [1.82, 2.24) is 19.8 Å². The Morgan fingerprint density at radius 1 is 1.17 bits per heavy atom. The molecule has 0 saturated heterocycles. The number of ether oxygens (including phenoxy) is 1. The first-order chi connectivity index (χ1) is 11.3. The molecule has 2 heterocycles. The van der Waals surface area contributed by atoms with E-state index in [4.69, 9.17) is 4.74 Å². The van der Waals surface area contributed by atoms with Crippen LogP contribution in [0.1, 0.15) is 24.2 Å². The van der Waals surface area contributed by atoms with Crippen LogP contribution in [0.5, 0.6) is 5.75 Å². The van der Waals surface area contributed by atoms with Gasteiger partial charge in [0.25, 0.3) is 0 Å². The van der Waals surface area contributed by atoms with Crippen LogP contribution >= 0.6 is 0 Å². The molecule has 23 heavy (non-hydrogen) atoms. The molecule has 1 fully saturated rings. The molecule has 1 N–H and O–H groups in total. The molecule has 1 aliphatic rings. The Balaban J connectivity index is 1.46. The van der Waals surface area contributed by atoms with E-state index >= 15 is 0 Å². The number of fused-ring (bicyclic) bond motifs is 1. The van der Waals surface area contributed by atoms with Gasteiger partial charge in [-0.3, -0.25) is 0 Å². The number of para-hydroxylation sites is 1. The molecule has 0 bridgehead atoms. The average molecular weight is 309 g/mol. The molecule has 0 unspecified atom stereocenters. The van der Waals surface area contributed by atoms with E-state index in [1.807, 2.05) is 37.3 Å². The molecule has 0 spiro atoms. The Morgan fingerprint density at radius 3 is 2.91 bits per heavy atom. The minimum absolute atomic E-state index is 0.660. The van der Waals surface area contributed by atoms with Gasteiger partial charge >= 0.3 is 0 Å². The van der Waals surface area contributed by atoms with Crippen molar-refractivity contribution in [2.75, 3.05) is 11.9 Å². The molecule has 1 aromatic carbocycles. The first-order valence-electron chi connectivity index (χ1n) is 7.93. The van der Waals surface area contributed by atoms with Gasteiger partial charge in [0, 0.05) is 12.1 Å². The van der Waals surface area contributed by atoms with Gasteiger partial charge in [-0.2, -0.15) is 0 Å². The summed E-state index contributed by atoms with van der Waals surface area (Å²) in [6.07, 6.45) is 2.59. The second kappa shape index (κ2) is 5.87. The number of nitrogens with one attached hydrogen (secondary N) is 1. The Morgan fingerprint density at radius 2 is 2.04 bits per heavy atom. The minimum atomic E-state index is 0.660. The first-order valence-corrected chi connectivity index (χ1v) is 7.93. The number of anilines is 1. The fraction of sp³-hybridized carbons (Fsp3) is 0.353. The van der Waals surface area contributed by atoms with Crippen LogP contribution in [0.15, 0.2) is 36.4 Å². The summed E-state index contributed by atoms with van der Waals surface area (Å²) in [6.45, 7) is 3.34. The lowest BCUT2D eigenvalue weighted by Crippen LogP contribution is -2.07. The number of nitrogens with zero attached hydrogens (tertiary/aromatic N) is 4. The summed E-state index contributed by atoms with van der Waals surface area (Å²) in [7, 11) is 0. The highest BCUT2D eigenvalue weighted by Gasteiger charge is 2.22. The molecular weight excluding hydrogens is 290 g/mol. The fourth-order valence-electron chi connectivity index (χ4n) is 2.45. The third-order valence-corrected chi connectivity index (χ3v) is 3.92. The standard InChI is InChI=1S/C17H19N5O/c1-12-19-17-9-8-16(21-22(17)20-12)18-10-14-4-2-3-5-15(14)23-11-13-6-7-13/h2-5,8-9,13H,6-7,10-11H2,1H3,(H,18,21). The second-order valence-electron chi connectivity index (χ2n) is 5.94. The SMILES string of the molecule is Cc1nc2ccc(NCc3ccccc3OCC3CC3)nn2n1. The summed E-state index contributed by atoms with van der Waals surface area (Å²) in [6, 6.07) is 12.0. The molecule has 1 saturated carbocycles. The predicted molar refractivity (Wildman–Crippen MR) is 87.5 cm³/mol. The zero-order valence-electron chi connectivity index (χ0n) is 13.1. The summed E-state index contributed by atoms with van der Waals surface area (Å²) in [4.78, 5) is 4.27. The van der Waals surface area contributed by atoms with Gasteiger partial charge in [0.2, 0.25) is 0 Å². The highest BCUT2D eigenvalue weighted by molar-refractivity contribution is 5.44. The van der Waals surface area contributed by atoms with E-state index in [1.165, 1.54) is 12.8 Å². The van der Waals surface area contributed by atoms with Gasteiger partial charge in [-0.05, 0) is 43.9 Å². The van der Waals surface area contributed by atoms with E-state index < -0.39 is 0 Å². The van der Waals surface area contributed by atoms with Gasteiger partial charge in [-0.1, -0.05) is 18.2 Å².